The minimum atomic E-state index is 0.0249. The van der Waals surface area contributed by atoms with Crippen LogP contribution in [-0.2, 0) is 17.8 Å². The van der Waals surface area contributed by atoms with Gasteiger partial charge in [-0.1, -0.05) is 80.4 Å². The van der Waals surface area contributed by atoms with E-state index in [1.165, 1.54) is 17.1 Å². The van der Waals surface area contributed by atoms with Crippen molar-refractivity contribution in [3.8, 4) is 0 Å². The van der Waals surface area contributed by atoms with E-state index in [2.05, 4.69) is 40.9 Å². The fourth-order valence-electron chi connectivity index (χ4n) is 3.05. The summed E-state index contributed by atoms with van der Waals surface area (Å²) in [5, 5.41) is 3.81. The van der Waals surface area contributed by atoms with Gasteiger partial charge in [0.2, 0.25) is 11.0 Å². The first-order valence-corrected chi connectivity index (χ1v) is 10.9. The minimum Gasteiger partial charge on any atom is -0.355 e. The first kappa shape index (κ1) is 21.0. The Bertz CT molecular complexity index is 867. The van der Waals surface area contributed by atoms with Crippen LogP contribution in [0.3, 0.4) is 0 Å². The summed E-state index contributed by atoms with van der Waals surface area (Å²) >= 11 is 1.35. The maximum atomic E-state index is 12.5. The molecule has 152 valence electrons. The molecule has 1 N–H and O–H groups in total. The number of hydrogen-bond acceptors (Lipinski definition) is 5. The lowest BCUT2D eigenvalue weighted by molar-refractivity contribution is -0.119. The normalized spacial score (nSPS) is 10.7. The standard InChI is InChI=1S/C23H28N4OS/c1-2-3-10-15-24-22(28)18-27(17-20-13-8-5-9-14-20)23-25-21(26-29-23)16-19-11-6-4-7-12-19/h4-9,11-14H,2-3,10,15-18H2,1H3,(H,24,28). The van der Waals surface area contributed by atoms with E-state index in [1.807, 2.05) is 41.3 Å². The van der Waals surface area contributed by atoms with Crippen LogP contribution in [0.5, 0.6) is 0 Å². The summed E-state index contributed by atoms with van der Waals surface area (Å²) in [4.78, 5) is 19.2. The molecule has 1 aromatic heterocycles. The van der Waals surface area contributed by atoms with Crippen LogP contribution in [0.1, 0.15) is 43.1 Å². The van der Waals surface area contributed by atoms with Gasteiger partial charge < -0.3 is 10.2 Å². The molecule has 5 nitrogen and oxygen atoms in total. The third-order valence-electron chi connectivity index (χ3n) is 4.59. The van der Waals surface area contributed by atoms with Crippen molar-refractivity contribution in [1.29, 1.82) is 0 Å². The molecular formula is C23H28N4OS. The Hall–Kier alpha value is -2.73. The highest BCUT2D eigenvalue weighted by Gasteiger charge is 2.17. The van der Waals surface area contributed by atoms with Gasteiger partial charge in [-0.15, -0.1) is 0 Å². The van der Waals surface area contributed by atoms with E-state index in [-0.39, 0.29) is 12.5 Å². The van der Waals surface area contributed by atoms with Crippen molar-refractivity contribution in [3.05, 3.63) is 77.6 Å². The van der Waals surface area contributed by atoms with Gasteiger partial charge in [0.1, 0.15) is 5.82 Å². The first-order chi connectivity index (χ1) is 14.2. The van der Waals surface area contributed by atoms with Crippen molar-refractivity contribution in [2.24, 2.45) is 0 Å². The van der Waals surface area contributed by atoms with Crippen molar-refractivity contribution in [2.75, 3.05) is 18.0 Å². The summed E-state index contributed by atoms with van der Waals surface area (Å²) < 4.78 is 4.52. The van der Waals surface area contributed by atoms with E-state index in [0.717, 1.165) is 42.3 Å². The number of unbranched alkanes of at least 4 members (excludes halogenated alkanes) is 2. The van der Waals surface area contributed by atoms with Gasteiger partial charge in [-0.25, -0.2) is 4.98 Å². The van der Waals surface area contributed by atoms with Gasteiger partial charge in [-0.05, 0) is 17.5 Å². The molecule has 0 fully saturated rings. The molecule has 0 aliphatic heterocycles. The van der Waals surface area contributed by atoms with Crippen LogP contribution in [0.4, 0.5) is 5.13 Å². The molecule has 0 aliphatic carbocycles. The van der Waals surface area contributed by atoms with Gasteiger partial charge in [0.05, 0.1) is 6.54 Å². The Morgan fingerprint density at radius 3 is 2.38 bits per heavy atom. The van der Waals surface area contributed by atoms with Crippen LogP contribution in [-0.4, -0.2) is 28.4 Å². The minimum absolute atomic E-state index is 0.0249. The van der Waals surface area contributed by atoms with Crippen molar-refractivity contribution >= 4 is 22.6 Å². The summed E-state index contributed by atoms with van der Waals surface area (Å²) in [7, 11) is 0. The van der Waals surface area contributed by atoms with Gasteiger partial charge in [-0.2, -0.15) is 4.37 Å². The highest BCUT2D eigenvalue weighted by atomic mass is 32.1. The summed E-state index contributed by atoms with van der Waals surface area (Å²) in [5.41, 5.74) is 2.33. The quantitative estimate of drug-likeness (QED) is 0.477. The lowest BCUT2D eigenvalue weighted by Gasteiger charge is -2.21. The van der Waals surface area contributed by atoms with Gasteiger partial charge >= 0.3 is 0 Å². The second-order valence-electron chi connectivity index (χ2n) is 7.05. The Morgan fingerprint density at radius 1 is 1.00 bits per heavy atom. The Balaban J connectivity index is 1.68. The third-order valence-corrected chi connectivity index (χ3v) is 5.40. The van der Waals surface area contributed by atoms with E-state index >= 15 is 0 Å². The molecular weight excluding hydrogens is 380 g/mol. The molecule has 0 saturated heterocycles. The second-order valence-corrected chi connectivity index (χ2v) is 7.78. The van der Waals surface area contributed by atoms with Crippen LogP contribution in [0, 0.1) is 0 Å². The molecule has 3 rings (SSSR count). The number of nitrogens with one attached hydrogen (secondary N) is 1. The van der Waals surface area contributed by atoms with Crippen LogP contribution < -0.4 is 10.2 Å². The zero-order chi connectivity index (χ0) is 20.3. The lowest BCUT2D eigenvalue weighted by Crippen LogP contribution is -2.37. The number of amides is 1. The summed E-state index contributed by atoms with van der Waals surface area (Å²) in [5.74, 6) is 0.814. The van der Waals surface area contributed by atoms with E-state index in [1.54, 1.807) is 0 Å². The molecule has 0 bridgehead atoms. The maximum absolute atomic E-state index is 12.5. The molecule has 0 radical (unpaired) electrons. The Kier molecular flexibility index (Phi) is 8.19. The number of carbonyl (C=O) groups excluding carboxylic acids is 1. The van der Waals surface area contributed by atoms with Gasteiger partial charge in [0.25, 0.3) is 0 Å². The molecule has 0 aliphatic rings. The zero-order valence-corrected chi connectivity index (χ0v) is 17.7. The monoisotopic (exact) mass is 408 g/mol. The van der Waals surface area contributed by atoms with E-state index in [4.69, 9.17) is 4.98 Å². The second kappa shape index (κ2) is 11.3. The Labute approximate surface area is 177 Å². The molecule has 0 saturated carbocycles. The molecule has 2 aromatic carbocycles. The summed E-state index contributed by atoms with van der Waals surface area (Å²) in [6.45, 7) is 3.79. The van der Waals surface area contributed by atoms with E-state index < -0.39 is 0 Å². The fourth-order valence-corrected chi connectivity index (χ4v) is 3.73. The average molecular weight is 409 g/mol. The molecule has 0 spiro atoms. The topological polar surface area (TPSA) is 58.1 Å². The van der Waals surface area contributed by atoms with Crippen LogP contribution in [0.2, 0.25) is 0 Å². The zero-order valence-electron chi connectivity index (χ0n) is 16.9. The van der Waals surface area contributed by atoms with Gasteiger partial charge in [-0.3, -0.25) is 4.79 Å². The van der Waals surface area contributed by atoms with Crippen LogP contribution in [0.15, 0.2) is 60.7 Å². The number of carbonyl (C=O) groups is 1. The van der Waals surface area contributed by atoms with Gasteiger partial charge in [0.15, 0.2) is 0 Å². The Morgan fingerprint density at radius 2 is 1.69 bits per heavy atom. The van der Waals surface area contributed by atoms with Crippen molar-refractivity contribution in [3.63, 3.8) is 0 Å². The number of benzene rings is 2. The highest BCUT2D eigenvalue weighted by Crippen LogP contribution is 2.21. The predicted molar refractivity (Wildman–Crippen MR) is 119 cm³/mol. The third kappa shape index (κ3) is 6.98. The van der Waals surface area contributed by atoms with Crippen molar-refractivity contribution < 1.29 is 4.79 Å². The van der Waals surface area contributed by atoms with E-state index in [9.17, 15) is 4.79 Å². The molecule has 0 unspecified atom stereocenters. The predicted octanol–water partition coefficient (Wildman–Crippen LogP) is 4.44. The number of nitrogens with zero attached hydrogens (tertiary/aromatic N) is 3. The highest BCUT2D eigenvalue weighted by molar-refractivity contribution is 7.09. The number of rotatable bonds is 11. The van der Waals surface area contributed by atoms with Crippen LogP contribution >= 0.6 is 11.5 Å². The lowest BCUT2D eigenvalue weighted by atomic mass is 10.1. The average Bonchev–Trinajstić information content (AvgIpc) is 3.21. The number of anilines is 1. The molecule has 6 heteroatoms. The van der Waals surface area contributed by atoms with Crippen molar-refractivity contribution in [1.82, 2.24) is 14.7 Å². The fraction of sp³-hybridized carbons (Fsp3) is 0.348. The number of aromatic nitrogens is 2. The maximum Gasteiger partial charge on any atom is 0.239 e. The summed E-state index contributed by atoms with van der Waals surface area (Å²) in [6, 6.07) is 20.4. The molecule has 1 heterocycles. The molecule has 3 aromatic rings. The molecule has 0 atom stereocenters. The SMILES string of the molecule is CCCCCNC(=O)CN(Cc1ccccc1)c1nc(Cc2ccccc2)ns1. The number of hydrogen-bond donors (Lipinski definition) is 1. The summed E-state index contributed by atoms with van der Waals surface area (Å²) in [6.07, 6.45) is 3.99. The molecule has 1 amide bonds. The van der Waals surface area contributed by atoms with Crippen LogP contribution in [0.25, 0.3) is 0 Å². The smallest absolute Gasteiger partial charge is 0.239 e. The van der Waals surface area contributed by atoms with Gasteiger partial charge in [0, 0.05) is 31.0 Å². The van der Waals surface area contributed by atoms with E-state index in [0.29, 0.717) is 13.0 Å². The van der Waals surface area contributed by atoms with Crippen molar-refractivity contribution in [2.45, 2.75) is 39.2 Å². The first-order valence-electron chi connectivity index (χ1n) is 10.2. The molecule has 29 heavy (non-hydrogen) atoms. The largest absolute Gasteiger partial charge is 0.355 e.